The standard InChI is InChI=1S/C36H47NO2Si2.C16H19ClSi.C6H15N.C4H11NO2/c1-35(2,3)40(31-19-11-7-12-20-31,32-21-13-8-14-22-32)38-29-27-37-28-30-39-41(36(4,5)6,33-23-15-9-16-24-33)34-25-17-10-18-26-34;1-16(2,3)18(17,14-10-6-4-7-11-14)15-12-8-5-9-13-15;1-4-7(5-2)6-3;6-3-1-5-2-4-7/h7-26,37H,27-30H2,1-6H3;4-13H,1-3H3;4-6H2,1-3H3;5-7H,1-4H2. The van der Waals surface area contributed by atoms with Crippen molar-refractivity contribution in [3.05, 3.63) is 182 Å². The summed E-state index contributed by atoms with van der Waals surface area (Å²) in [5.41, 5.74) is 0. The molecule has 0 amide bonds. The Balaban J connectivity index is 0.000000357. The van der Waals surface area contributed by atoms with E-state index in [9.17, 15) is 0 Å². The zero-order valence-corrected chi connectivity index (χ0v) is 50.4. The van der Waals surface area contributed by atoms with E-state index in [-0.39, 0.29) is 28.3 Å². The largest absolute Gasteiger partial charge is 0.406 e. The molecule has 0 saturated heterocycles. The molecule has 0 aliphatic carbocycles. The number of benzene rings is 6. The predicted molar refractivity (Wildman–Crippen MR) is 324 cm³/mol. The van der Waals surface area contributed by atoms with E-state index in [1.165, 1.54) is 50.8 Å². The van der Waals surface area contributed by atoms with Gasteiger partial charge in [-0.2, -0.15) is 11.1 Å². The topological polar surface area (TPSA) is 86.2 Å². The van der Waals surface area contributed by atoms with Crippen LogP contribution in [-0.4, -0.2) is 111 Å². The van der Waals surface area contributed by atoms with Gasteiger partial charge in [0.15, 0.2) is 0 Å². The van der Waals surface area contributed by atoms with E-state index >= 15 is 0 Å². The fraction of sp³-hybridized carbons (Fsp3) is 0.419. The van der Waals surface area contributed by atoms with Crippen molar-refractivity contribution >= 4 is 66.2 Å². The van der Waals surface area contributed by atoms with Crippen LogP contribution in [0.5, 0.6) is 0 Å². The summed E-state index contributed by atoms with van der Waals surface area (Å²) in [5, 5.41) is 30.6. The molecule has 0 unspecified atom stereocenters. The maximum atomic E-state index is 8.15. The lowest BCUT2D eigenvalue weighted by Gasteiger charge is -2.43. The number of aliphatic hydroxyl groups excluding tert-OH is 2. The highest BCUT2D eigenvalue weighted by atomic mass is 35.6. The first-order valence-electron chi connectivity index (χ1n) is 26.5. The van der Waals surface area contributed by atoms with Gasteiger partial charge in [-0.05, 0) is 65.9 Å². The Morgan fingerprint density at radius 2 is 0.616 bits per heavy atom. The van der Waals surface area contributed by atoms with Crippen molar-refractivity contribution in [1.29, 1.82) is 0 Å². The first-order chi connectivity index (χ1) is 34.8. The highest BCUT2D eigenvalue weighted by Gasteiger charge is 2.51. The molecule has 0 bridgehead atoms. The van der Waals surface area contributed by atoms with Gasteiger partial charge in [0.1, 0.15) is 0 Å². The molecule has 7 nitrogen and oxygen atoms in total. The maximum absolute atomic E-state index is 8.15. The van der Waals surface area contributed by atoms with E-state index in [1.807, 2.05) is 12.1 Å². The normalized spacial score (nSPS) is 12.2. The minimum Gasteiger partial charge on any atom is -0.406 e. The van der Waals surface area contributed by atoms with E-state index < -0.39 is 24.0 Å². The van der Waals surface area contributed by atoms with E-state index in [2.05, 4.69) is 268 Å². The Hall–Kier alpha value is -4.02. The first-order valence-corrected chi connectivity index (χ1v) is 33.3. The lowest BCUT2D eigenvalue weighted by atomic mass is 10.2. The number of rotatable bonds is 21. The van der Waals surface area contributed by atoms with Crippen molar-refractivity contribution in [3.8, 4) is 0 Å². The van der Waals surface area contributed by atoms with Crippen LogP contribution in [0.2, 0.25) is 15.1 Å². The minimum atomic E-state index is -2.53. The molecule has 0 radical (unpaired) electrons. The first kappa shape index (κ1) is 63.3. The number of hydrogen-bond acceptors (Lipinski definition) is 7. The molecule has 0 saturated carbocycles. The fourth-order valence-electron chi connectivity index (χ4n) is 9.52. The summed E-state index contributed by atoms with van der Waals surface area (Å²) in [6, 6.07) is 64.4. The Kier molecular flexibility index (Phi) is 27.5. The summed E-state index contributed by atoms with van der Waals surface area (Å²) >= 11 is 7.21. The van der Waals surface area contributed by atoms with Crippen molar-refractivity contribution in [1.82, 2.24) is 15.5 Å². The summed E-state index contributed by atoms with van der Waals surface area (Å²) in [5.74, 6) is 0. The van der Waals surface area contributed by atoms with Crippen molar-refractivity contribution in [2.24, 2.45) is 0 Å². The van der Waals surface area contributed by atoms with Gasteiger partial charge in [0.25, 0.3) is 16.6 Å². The second-order valence-corrected chi connectivity index (χ2v) is 35.5. The molecular formula is C62H92ClN3O4Si3. The lowest BCUT2D eigenvalue weighted by molar-refractivity contribution is 0.266. The molecule has 73 heavy (non-hydrogen) atoms. The van der Waals surface area contributed by atoms with Gasteiger partial charge in [-0.1, -0.05) is 265 Å². The molecule has 398 valence electrons. The highest BCUT2D eigenvalue weighted by Crippen LogP contribution is 2.39. The van der Waals surface area contributed by atoms with Gasteiger partial charge < -0.3 is 34.6 Å². The van der Waals surface area contributed by atoms with Gasteiger partial charge in [0, 0.05) is 39.4 Å². The Bertz CT molecular complexity index is 2080. The van der Waals surface area contributed by atoms with Gasteiger partial charge in [-0.15, -0.1) is 0 Å². The summed E-state index contributed by atoms with van der Waals surface area (Å²) in [4.78, 5) is 2.38. The monoisotopic (exact) mass is 1060 g/mol. The number of halogens is 1. The maximum Gasteiger partial charge on any atom is 0.261 e. The molecule has 0 aromatic heterocycles. The van der Waals surface area contributed by atoms with Crippen molar-refractivity contribution in [2.45, 2.75) is 98.2 Å². The van der Waals surface area contributed by atoms with Gasteiger partial charge >= 0.3 is 0 Å². The molecule has 0 fully saturated rings. The third kappa shape index (κ3) is 17.8. The number of aliphatic hydroxyl groups is 2. The quantitative estimate of drug-likeness (QED) is 0.0325. The summed E-state index contributed by atoms with van der Waals surface area (Å²) < 4.78 is 14.1. The third-order valence-electron chi connectivity index (χ3n) is 13.3. The average molecular weight is 1060 g/mol. The van der Waals surface area contributed by atoms with Crippen LogP contribution in [-0.2, 0) is 8.85 Å². The van der Waals surface area contributed by atoms with Gasteiger partial charge in [-0.25, -0.2) is 0 Å². The van der Waals surface area contributed by atoms with Crippen LogP contribution in [0, 0.1) is 0 Å². The van der Waals surface area contributed by atoms with Crippen molar-refractivity contribution in [3.63, 3.8) is 0 Å². The highest BCUT2D eigenvalue weighted by molar-refractivity contribution is 7.35. The zero-order valence-electron chi connectivity index (χ0n) is 46.6. The van der Waals surface area contributed by atoms with Crippen molar-refractivity contribution in [2.75, 3.05) is 72.2 Å². The molecule has 0 spiro atoms. The summed E-state index contributed by atoms with van der Waals surface area (Å²) in [6.07, 6.45) is 0. The molecule has 6 aromatic carbocycles. The van der Waals surface area contributed by atoms with Crippen molar-refractivity contribution < 1.29 is 19.1 Å². The lowest BCUT2D eigenvalue weighted by Crippen LogP contribution is -2.67. The Morgan fingerprint density at radius 3 is 0.808 bits per heavy atom. The minimum absolute atomic E-state index is 0.0257. The van der Waals surface area contributed by atoms with Crippen LogP contribution in [0.1, 0.15) is 83.1 Å². The van der Waals surface area contributed by atoms with Gasteiger partial charge in [-0.3, -0.25) is 0 Å². The average Bonchev–Trinajstić information content (AvgIpc) is 3.40. The second-order valence-electron chi connectivity index (χ2n) is 21.2. The zero-order chi connectivity index (χ0) is 53.9. The van der Waals surface area contributed by atoms with E-state index in [4.69, 9.17) is 30.1 Å². The summed E-state index contributed by atoms with van der Waals surface area (Å²) in [7, 11) is -7.28. The van der Waals surface area contributed by atoms with Gasteiger partial charge in [0.05, 0.1) is 13.2 Å². The molecule has 11 heteroatoms. The summed E-state index contributed by atoms with van der Waals surface area (Å²) in [6.45, 7) is 35.0. The van der Waals surface area contributed by atoms with E-state index in [0.717, 1.165) is 13.1 Å². The van der Waals surface area contributed by atoms with Crippen LogP contribution in [0.4, 0.5) is 0 Å². The van der Waals surface area contributed by atoms with Gasteiger partial charge in [0.2, 0.25) is 7.38 Å². The number of hydrogen-bond donors (Lipinski definition) is 4. The predicted octanol–water partition coefficient (Wildman–Crippen LogP) is 9.42. The molecule has 0 heterocycles. The Labute approximate surface area is 450 Å². The molecule has 0 aliphatic rings. The van der Waals surface area contributed by atoms with Crippen LogP contribution >= 0.6 is 11.1 Å². The number of nitrogens with zero attached hydrogens (tertiary/aromatic N) is 1. The Morgan fingerprint density at radius 1 is 0.384 bits per heavy atom. The smallest absolute Gasteiger partial charge is 0.261 e. The molecule has 0 aliphatic heterocycles. The van der Waals surface area contributed by atoms with Crippen LogP contribution in [0.3, 0.4) is 0 Å². The molecule has 6 rings (SSSR count). The molecule has 0 atom stereocenters. The van der Waals surface area contributed by atoms with Crippen LogP contribution in [0.25, 0.3) is 0 Å². The van der Waals surface area contributed by atoms with Crippen LogP contribution in [0.15, 0.2) is 182 Å². The van der Waals surface area contributed by atoms with Crippen LogP contribution < -0.4 is 41.8 Å². The second kappa shape index (κ2) is 31.8. The van der Waals surface area contributed by atoms with E-state index in [0.29, 0.717) is 26.3 Å². The third-order valence-corrected chi connectivity index (χ3v) is 30.7. The molecule has 4 N–H and O–H groups in total. The fourth-order valence-corrected chi connectivity index (χ4v) is 22.8. The van der Waals surface area contributed by atoms with E-state index in [1.54, 1.807) is 0 Å². The SMILES string of the molecule is CC(C)(C)[Si](Cl)(c1ccccc1)c1ccccc1.CC(C)(C)[Si](OCCNCCO[Si](c1ccccc1)(c1ccccc1)C(C)(C)C)(c1ccccc1)c1ccccc1.CCN(CC)CC.OCCNCCO. The molecule has 6 aromatic rings. The molecular weight excluding hydrogens is 970 g/mol. The number of nitrogens with one attached hydrogen (secondary N) is 2.